The Morgan fingerprint density at radius 3 is 2.50 bits per heavy atom. The fourth-order valence-electron chi connectivity index (χ4n) is 1.54. The maximum absolute atomic E-state index is 10.9. The molecule has 0 bridgehead atoms. The monoisotopic (exact) mass is 226 g/mol. The van der Waals surface area contributed by atoms with Gasteiger partial charge in [-0.2, -0.15) is 0 Å². The molecule has 1 aromatic rings. The first-order valence-electron chi connectivity index (χ1n) is 4.95. The molecule has 5 nitrogen and oxygen atoms in total. The minimum Gasteiger partial charge on any atom is -0.504 e. The fourth-order valence-corrected chi connectivity index (χ4v) is 1.54. The minimum absolute atomic E-state index is 0.130. The van der Waals surface area contributed by atoms with E-state index in [4.69, 9.17) is 5.11 Å². The van der Waals surface area contributed by atoms with Gasteiger partial charge in [0.2, 0.25) is 0 Å². The first-order valence-corrected chi connectivity index (χ1v) is 4.95. The molecule has 0 saturated heterocycles. The molecule has 0 aliphatic carbocycles. The Balaban J connectivity index is 3.31. The zero-order valence-corrected chi connectivity index (χ0v) is 8.84. The molecular formula is C11H14O5. The van der Waals surface area contributed by atoms with Crippen LogP contribution in [0.1, 0.15) is 41.8 Å². The van der Waals surface area contributed by atoms with E-state index in [0.29, 0.717) is 12.8 Å². The molecule has 1 rings (SSSR count). The second-order valence-corrected chi connectivity index (χ2v) is 3.50. The van der Waals surface area contributed by atoms with Gasteiger partial charge in [0.05, 0.1) is 11.7 Å². The van der Waals surface area contributed by atoms with Crippen molar-refractivity contribution in [1.82, 2.24) is 0 Å². The molecule has 0 amide bonds. The normalized spacial score (nSPS) is 12.4. The third-order valence-corrected chi connectivity index (χ3v) is 2.32. The minimum atomic E-state index is -1.25. The molecule has 1 atom stereocenters. The highest BCUT2D eigenvalue weighted by Gasteiger charge is 2.22. The van der Waals surface area contributed by atoms with E-state index in [9.17, 15) is 20.1 Å². The Labute approximate surface area is 92.6 Å². The number of phenols is 2. The number of hydrogen-bond donors (Lipinski definition) is 4. The maximum Gasteiger partial charge on any atom is 0.336 e. The van der Waals surface area contributed by atoms with Gasteiger partial charge in [-0.1, -0.05) is 13.3 Å². The molecule has 0 heterocycles. The summed E-state index contributed by atoms with van der Waals surface area (Å²) in [6.07, 6.45) is -0.143. The van der Waals surface area contributed by atoms with Crippen LogP contribution in [0, 0.1) is 0 Å². The van der Waals surface area contributed by atoms with Crippen molar-refractivity contribution in [3.8, 4) is 11.5 Å². The second kappa shape index (κ2) is 4.85. The number of aromatic hydroxyl groups is 2. The van der Waals surface area contributed by atoms with E-state index >= 15 is 0 Å². The molecule has 0 saturated carbocycles. The van der Waals surface area contributed by atoms with Gasteiger partial charge < -0.3 is 20.4 Å². The summed E-state index contributed by atoms with van der Waals surface area (Å²) in [4.78, 5) is 10.9. The largest absolute Gasteiger partial charge is 0.504 e. The molecular weight excluding hydrogens is 212 g/mol. The lowest BCUT2D eigenvalue weighted by molar-refractivity contribution is 0.0686. The number of aliphatic hydroxyl groups excluding tert-OH is 1. The van der Waals surface area contributed by atoms with Crippen LogP contribution in [0.25, 0.3) is 0 Å². The Morgan fingerprint density at radius 1 is 1.38 bits per heavy atom. The highest BCUT2D eigenvalue weighted by atomic mass is 16.4. The summed E-state index contributed by atoms with van der Waals surface area (Å²) in [5, 5.41) is 37.4. The van der Waals surface area contributed by atoms with Gasteiger partial charge in [0.25, 0.3) is 0 Å². The molecule has 0 radical (unpaired) electrons. The maximum atomic E-state index is 10.9. The Hall–Kier alpha value is -1.75. The predicted octanol–water partition coefficient (Wildman–Crippen LogP) is 1.63. The Kier molecular flexibility index (Phi) is 3.73. The number of aliphatic hydroxyl groups is 1. The van der Waals surface area contributed by atoms with Crippen LogP contribution in [0.5, 0.6) is 11.5 Å². The molecule has 0 fully saturated rings. The molecule has 0 aromatic heterocycles. The number of carboxylic acids is 1. The van der Waals surface area contributed by atoms with Crippen LogP contribution in [0.2, 0.25) is 0 Å². The highest BCUT2D eigenvalue weighted by molar-refractivity contribution is 5.91. The average Bonchev–Trinajstić information content (AvgIpc) is 2.21. The molecule has 1 unspecified atom stereocenters. The number of hydrogen-bond acceptors (Lipinski definition) is 4. The first-order chi connectivity index (χ1) is 7.49. The zero-order valence-electron chi connectivity index (χ0n) is 8.84. The summed E-state index contributed by atoms with van der Waals surface area (Å²) < 4.78 is 0. The number of carboxylic acid groups (broad SMARTS) is 1. The van der Waals surface area contributed by atoms with Crippen molar-refractivity contribution in [3.63, 3.8) is 0 Å². The van der Waals surface area contributed by atoms with E-state index in [-0.39, 0.29) is 11.1 Å². The Morgan fingerprint density at radius 2 is 2.00 bits per heavy atom. The van der Waals surface area contributed by atoms with Crippen LogP contribution in [0.15, 0.2) is 12.1 Å². The highest BCUT2D eigenvalue weighted by Crippen LogP contribution is 2.37. The van der Waals surface area contributed by atoms with E-state index in [1.54, 1.807) is 0 Å². The number of carbonyl (C=O) groups is 1. The first kappa shape index (κ1) is 12.3. The van der Waals surface area contributed by atoms with Crippen molar-refractivity contribution in [2.75, 3.05) is 0 Å². The lowest BCUT2D eigenvalue weighted by atomic mass is 9.97. The summed E-state index contributed by atoms with van der Waals surface area (Å²) in [7, 11) is 0. The van der Waals surface area contributed by atoms with Crippen LogP contribution >= 0.6 is 0 Å². The SMILES string of the molecule is CCCC(O)c1c(C(=O)O)ccc(O)c1O. The van der Waals surface area contributed by atoms with Crippen molar-refractivity contribution in [1.29, 1.82) is 0 Å². The number of aromatic carboxylic acids is 1. The van der Waals surface area contributed by atoms with Crippen molar-refractivity contribution >= 4 is 5.97 Å². The van der Waals surface area contributed by atoms with Crippen LogP contribution in [0.3, 0.4) is 0 Å². The molecule has 4 N–H and O–H groups in total. The van der Waals surface area contributed by atoms with E-state index in [1.165, 1.54) is 0 Å². The van der Waals surface area contributed by atoms with Crippen molar-refractivity contribution in [3.05, 3.63) is 23.3 Å². The third kappa shape index (κ3) is 2.25. The van der Waals surface area contributed by atoms with Gasteiger partial charge >= 0.3 is 5.97 Å². The number of benzene rings is 1. The molecule has 0 aliphatic heterocycles. The Bertz CT molecular complexity index is 400. The summed E-state index contributed by atoms with van der Waals surface area (Å²) >= 11 is 0. The van der Waals surface area contributed by atoms with Gasteiger partial charge in [0.15, 0.2) is 11.5 Å². The third-order valence-electron chi connectivity index (χ3n) is 2.32. The van der Waals surface area contributed by atoms with E-state index < -0.39 is 23.6 Å². The van der Waals surface area contributed by atoms with Crippen molar-refractivity contribution in [2.24, 2.45) is 0 Å². The van der Waals surface area contributed by atoms with Gasteiger partial charge in [-0.25, -0.2) is 4.79 Å². The van der Waals surface area contributed by atoms with Crippen molar-refractivity contribution < 1.29 is 25.2 Å². The van der Waals surface area contributed by atoms with Crippen LogP contribution in [-0.4, -0.2) is 26.4 Å². The topological polar surface area (TPSA) is 98.0 Å². The second-order valence-electron chi connectivity index (χ2n) is 3.50. The smallest absolute Gasteiger partial charge is 0.336 e. The van der Waals surface area contributed by atoms with Crippen LogP contribution < -0.4 is 0 Å². The lowest BCUT2D eigenvalue weighted by Crippen LogP contribution is -2.07. The van der Waals surface area contributed by atoms with Crippen LogP contribution in [-0.2, 0) is 0 Å². The predicted molar refractivity (Wildman–Crippen MR) is 56.6 cm³/mol. The van der Waals surface area contributed by atoms with Gasteiger partial charge in [-0.3, -0.25) is 0 Å². The van der Waals surface area contributed by atoms with E-state index in [0.717, 1.165) is 12.1 Å². The molecule has 16 heavy (non-hydrogen) atoms. The van der Waals surface area contributed by atoms with Crippen LogP contribution in [0.4, 0.5) is 0 Å². The van der Waals surface area contributed by atoms with Gasteiger partial charge in [0, 0.05) is 5.56 Å². The summed E-state index contributed by atoms with van der Waals surface area (Å²) in [5.41, 5.74) is -0.328. The average molecular weight is 226 g/mol. The van der Waals surface area contributed by atoms with Crippen molar-refractivity contribution in [2.45, 2.75) is 25.9 Å². The number of phenolic OH excluding ortho intramolecular Hbond substituents is 2. The van der Waals surface area contributed by atoms with Gasteiger partial charge in [-0.05, 0) is 18.6 Å². The fraction of sp³-hybridized carbons (Fsp3) is 0.364. The molecule has 5 heteroatoms. The summed E-state index contributed by atoms with van der Waals surface area (Å²) in [6.45, 7) is 1.82. The quantitative estimate of drug-likeness (QED) is 0.585. The molecule has 1 aromatic carbocycles. The van der Waals surface area contributed by atoms with E-state index in [1.807, 2.05) is 6.92 Å². The summed E-state index contributed by atoms with van der Waals surface area (Å²) in [5.74, 6) is -2.25. The molecule has 0 aliphatic rings. The number of rotatable bonds is 4. The van der Waals surface area contributed by atoms with Gasteiger partial charge in [0.1, 0.15) is 0 Å². The summed E-state index contributed by atoms with van der Waals surface area (Å²) in [6, 6.07) is 2.24. The zero-order chi connectivity index (χ0) is 12.3. The molecule has 88 valence electrons. The molecule has 0 spiro atoms. The van der Waals surface area contributed by atoms with E-state index in [2.05, 4.69) is 0 Å². The van der Waals surface area contributed by atoms with Gasteiger partial charge in [-0.15, -0.1) is 0 Å². The lowest BCUT2D eigenvalue weighted by Gasteiger charge is -2.15. The standard InChI is InChI=1S/C11H14O5/c1-2-3-7(12)9-6(11(15)16)4-5-8(13)10(9)14/h4-5,7,12-14H,2-3H2,1H3,(H,15,16).